The van der Waals surface area contributed by atoms with Gasteiger partial charge >= 0.3 is 6.18 Å². The van der Waals surface area contributed by atoms with Crippen LogP contribution in [0.1, 0.15) is 33.5 Å². The van der Waals surface area contributed by atoms with Crippen LogP contribution in [0.5, 0.6) is 0 Å². The Morgan fingerprint density at radius 3 is 2.22 bits per heavy atom. The highest BCUT2D eigenvalue weighted by atomic mass is 19.4. The lowest BCUT2D eigenvalue weighted by Gasteiger charge is -2.30. The van der Waals surface area contributed by atoms with E-state index in [9.17, 15) is 18.0 Å². The number of benzene rings is 2. The lowest BCUT2D eigenvalue weighted by Crippen LogP contribution is -2.36. The molecule has 0 radical (unpaired) electrons. The fourth-order valence-electron chi connectivity index (χ4n) is 2.64. The molecular formula is C18H16F3NO. The number of carbonyl (C=O) groups excluding carboxylic acids is 1. The van der Waals surface area contributed by atoms with Crippen LogP contribution in [-0.2, 0) is 12.7 Å². The third kappa shape index (κ3) is 3.45. The molecule has 1 aliphatic heterocycles. The average molecular weight is 319 g/mol. The van der Waals surface area contributed by atoms with Crippen molar-refractivity contribution < 1.29 is 18.0 Å². The van der Waals surface area contributed by atoms with E-state index >= 15 is 0 Å². The van der Waals surface area contributed by atoms with E-state index in [0.717, 1.165) is 31.3 Å². The maximum Gasteiger partial charge on any atom is 0.417 e. The van der Waals surface area contributed by atoms with Gasteiger partial charge in [-0.2, -0.15) is 13.2 Å². The van der Waals surface area contributed by atoms with Crippen molar-refractivity contribution in [2.75, 3.05) is 13.1 Å². The second-order valence-corrected chi connectivity index (χ2v) is 5.70. The Balaban J connectivity index is 1.83. The van der Waals surface area contributed by atoms with Crippen LogP contribution in [-0.4, -0.2) is 23.8 Å². The van der Waals surface area contributed by atoms with Gasteiger partial charge in [-0.1, -0.05) is 42.5 Å². The van der Waals surface area contributed by atoms with Crippen LogP contribution >= 0.6 is 0 Å². The maximum atomic E-state index is 13.0. The minimum Gasteiger partial charge on any atom is -0.299 e. The second-order valence-electron chi connectivity index (χ2n) is 5.70. The first-order valence-corrected chi connectivity index (χ1v) is 7.47. The van der Waals surface area contributed by atoms with Crippen LogP contribution in [0.3, 0.4) is 0 Å². The lowest BCUT2D eigenvalue weighted by atomic mass is 9.97. The van der Waals surface area contributed by atoms with Crippen molar-refractivity contribution in [2.24, 2.45) is 0 Å². The van der Waals surface area contributed by atoms with Crippen molar-refractivity contribution in [3.05, 3.63) is 70.8 Å². The van der Waals surface area contributed by atoms with E-state index in [4.69, 9.17) is 0 Å². The molecule has 2 aromatic rings. The quantitative estimate of drug-likeness (QED) is 0.789. The van der Waals surface area contributed by atoms with E-state index in [1.54, 1.807) is 12.1 Å². The molecule has 1 aliphatic rings. The van der Waals surface area contributed by atoms with Gasteiger partial charge in [0.15, 0.2) is 5.78 Å². The first-order valence-electron chi connectivity index (χ1n) is 7.47. The summed E-state index contributed by atoms with van der Waals surface area (Å²) in [6.45, 7) is 2.95. The summed E-state index contributed by atoms with van der Waals surface area (Å²) in [6.07, 6.45) is -3.34. The number of carbonyl (C=O) groups is 1. The zero-order valence-electron chi connectivity index (χ0n) is 12.4. The highest BCUT2D eigenvalue weighted by molar-refractivity contribution is 6.10. The second kappa shape index (κ2) is 6.16. The predicted molar refractivity (Wildman–Crippen MR) is 81.2 cm³/mol. The minimum atomic E-state index is -4.54. The molecule has 1 saturated heterocycles. The smallest absolute Gasteiger partial charge is 0.299 e. The molecule has 2 nitrogen and oxygen atoms in total. The number of alkyl halides is 3. The van der Waals surface area contributed by atoms with Crippen LogP contribution in [0.25, 0.3) is 0 Å². The molecule has 0 aliphatic carbocycles. The van der Waals surface area contributed by atoms with Gasteiger partial charge in [-0.15, -0.1) is 0 Å². The summed E-state index contributed by atoms with van der Waals surface area (Å²) in [7, 11) is 0. The number of nitrogens with zero attached hydrogens (tertiary/aromatic N) is 1. The summed E-state index contributed by atoms with van der Waals surface area (Å²) in [6, 6.07) is 11.7. The van der Waals surface area contributed by atoms with Crippen molar-refractivity contribution >= 4 is 5.78 Å². The van der Waals surface area contributed by atoms with E-state index < -0.39 is 17.5 Å². The Morgan fingerprint density at radius 2 is 1.65 bits per heavy atom. The highest BCUT2D eigenvalue weighted by Crippen LogP contribution is 2.32. The van der Waals surface area contributed by atoms with Gasteiger partial charge in [-0.05, 0) is 31.1 Å². The maximum absolute atomic E-state index is 13.0. The normalized spacial score (nSPS) is 15.3. The SMILES string of the molecule is O=C(c1ccc(CN2CCC2)cc1)c1ccccc1C(F)(F)F. The molecule has 0 saturated carbocycles. The minimum absolute atomic E-state index is 0.272. The van der Waals surface area contributed by atoms with Crippen LogP contribution in [0.15, 0.2) is 48.5 Å². The standard InChI is InChI=1S/C18H16F3NO/c19-18(20,21)16-5-2-1-4-15(16)17(23)14-8-6-13(7-9-14)12-22-10-3-11-22/h1-2,4-9H,3,10-12H2. The van der Waals surface area contributed by atoms with Crippen LogP contribution in [0.2, 0.25) is 0 Å². The molecule has 2 aromatic carbocycles. The molecular weight excluding hydrogens is 303 g/mol. The Morgan fingerprint density at radius 1 is 1.00 bits per heavy atom. The summed E-state index contributed by atoms with van der Waals surface area (Å²) < 4.78 is 39.1. The largest absolute Gasteiger partial charge is 0.417 e. The van der Waals surface area contributed by atoms with Crippen molar-refractivity contribution in [3.63, 3.8) is 0 Å². The number of rotatable bonds is 4. The summed E-state index contributed by atoms with van der Waals surface area (Å²) in [4.78, 5) is 14.7. The average Bonchev–Trinajstić information content (AvgIpc) is 2.50. The van der Waals surface area contributed by atoms with Gasteiger partial charge in [0.2, 0.25) is 0 Å². The highest BCUT2D eigenvalue weighted by Gasteiger charge is 2.34. The third-order valence-electron chi connectivity index (χ3n) is 4.05. The third-order valence-corrected chi connectivity index (χ3v) is 4.05. The van der Waals surface area contributed by atoms with E-state index in [0.29, 0.717) is 0 Å². The van der Waals surface area contributed by atoms with Gasteiger partial charge in [0.1, 0.15) is 0 Å². The molecule has 1 fully saturated rings. The van der Waals surface area contributed by atoms with E-state index in [1.807, 2.05) is 12.1 Å². The number of hydrogen-bond acceptors (Lipinski definition) is 2. The number of ketones is 1. The Labute approximate surface area is 132 Å². The van der Waals surface area contributed by atoms with Crippen LogP contribution in [0.4, 0.5) is 13.2 Å². The molecule has 0 N–H and O–H groups in total. The van der Waals surface area contributed by atoms with E-state index in [1.165, 1.54) is 24.6 Å². The first kappa shape index (κ1) is 15.7. The predicted octanol–water partition coefficient (Wildman–Crippen LogP) is 4.14. The van der Waals surface area contributed by atoms with Crippen molar-refractivity contribution in [1.29, 1.82) is 0 Å². The molecule has 0 unspecified atom stereocenters. The Kier molecular flexibility index (Phi) is 4.22. The topological polar surface area (TPSA) is 20.3 Å². The Hall–Kier alpha value is -2.14. The summed E-state index contributed by atoms with van der Waals surface area (Å²) in [5, 5.41) is 0. The van der Waals surface area contributed by atoms with Crippen LogP contribution < -0.4 is 0 Å². The molecule has 0 spiro atoms. The van der Waals surface area contributed by atoms with Gasteiger partial charge in [0.25, 0.3) is 0 Å². The molecule has 1 heterocycles. The van der Waals surface area contributed by atoms with E-state index in [-0.39, 0.29) is 11.1 Å². The zero-order chi connectivity index (χ0) is 16.4. The van der Waals surface area contributed by atoms with Gasteiger partial charge in [-0.25, -0.2) is 0 Å². The zero-order valence-corrected chi connectivity index (χ0v) is 12.4. The molecule has 0 atom stereocenters. The van der Waals surface area contributed by atoms with Gasteiger partial charge in [0, 0.05) is 17.7 Å². The van der Waals surface area contributed by atoms with Gasteiger partial charge in [-0.3, -0.25) is 9.69 Å². The van der Waals surface area contributed by atoms with E-state index in [2.05, 4.69) is 4.90 Å². The molecule has 120 valence electrons. The molecule has 0 bridgehead atoms. The van der Waals surface area contributed by atoms with Crippen molar-refractivity contribution in [2.45, 2.75) is 19.1 Å². The van der Waals surface area contributed by atoms with Gasteiger partial charge in [0.05, 0.1) is 5.56 Å². The number of halogens is 3. The molecule has 0 aromatic heterocycles. The Bertz CT molecular complexity index is 703. The summed E-state index contributed by atoms with van der Waals surface area (Å²) in [5.74, 6) is -0.603. The lowest BCUT2D eigenvalue weighted by molar-refractivity contribution is -0.137. The first-order chi connectivity index (χ1) is 10.9. The molecule has 0 amide bonds. The number of hydrogen-bond donors (Lipinski definition) is 0. The van der Waals surface area contributed by atoms with Gasteiger partial charge < -0.3 is 0 Å². The molecule has 23 heavy (non-hydrogen) atoms. The summed E-state index contributed by atoms with van der Waals surface area (Å²) in [5.41, 5.74) is 0.129. The molecule has 3 rings (SSSR count). The molecule has 5 heteroatoms. The monoisotopic (exact) mass is 319 g/mol. The fourth-order valence-corrected chi connectivity index (χ4v) is 2.64. The summed E-state index contributed by atoms with van der Waals surface area (Å²) >= 11 is 0. The number of likely N-dealkylation sites (tertiary alicyclic amines) is 1. The van der Waals surface area contributed by atoms with Crippen molar-refractivity contribution in [3.8, 4) is 0 Å². The van der Waals surface area contributed by atoms with Crippen molar-refractivity contribution in [1.82, 2.24) is 4.90 Å². The van der Waals surface area contributed by atoms with Crippen LogP contribution in [0, 0.1) is 0 Å². The fraction of sp³-hybridized carbons (Fsp3) is 0.278.